The SMILES string of the molecule is CC(C)c1cccc(C(C)C)c1-n1cc[n+](-c2c(C(C)C)cccc2C(C)C)c1.CC(C)c1cccc(C(C)C)c1-n1cc[n+](-c2c(C(C)C)cccc2C(C)C)c1.[Au+].[Cl-].[Cl-]. The van der Waals surface area contributed by atoms with Crippen LogP contribution in [0.2, 0.25) is 0 Å². The molecule has 0 N–H and O–H groups in total. The number of para-hydroxylation sites is 4. The molecular weight excluding hydrogens is 972 g/mol. The van der Waals surface area contributed by atoms with Crippen molar-refractivity contribution in [2.75, 3.05) is 0 Å². The molecule has 2 aromatic heterocycles. The molecule has 4 nitrogen and oxygen atoms in total. The molecule has 6 rings (SSSR count). The van der Waals surface area contributed by atoms with Crippen LogP contribution in [0.4, 0.5) is 0 Å². The second kappa shape index (κ2) is 23.3. The zero-order valence-electron chi connectivity index (χ0n) is 39.9. The van der Waals surface area contributed by atoms with E-state index >= 15 is 0 Å². The Morgan fingerprint density at radius 1 is 0.328 bits per heavy atom. The first-order valence-corrected chi connectivity index (χ1v) is 22.1. The fourth-order valence-corrected chi connectivity index (χ4v) is 8.48. The van der Waals surface area contributed by atoms with E-state index in [1.807, 2.05) is 0 Å². The van der Waals surface area contributed by atoms with Crippen molar-refractivity contribution in [3.63, 3.8) is 0 Å². The zero-order valence-corrected chi connectivity index (χ0v) is 43.5. The number of hydrogen-bond acceptors (Lipinski definition) is 0. The third kappa shape index (κ3) is 12.0. The first-order chi connectivity index (χ1) is 27.4. The molecule has 4 aromatic carbocycles. The van der Waals surface area contributed by atoms with Crippen LogP contribution >= 0.6 is 0 Å². The summed E-state index contributed by atoms with van der Waals surface area (Å²) in [4.78, 5) is 0. The number of hydrogen-bond donors (Lipinski definition) is 0. The van der Waals surface area contributed by atoms with E-state index in [4.69, 9.17) is 0 Å². The molecule has 0 spiro atoms. The molecule has 7 heteroatoms. The molecule has 0 unspecified atom stereocenters. The standard InChI is InChI=1S/2C27H37N2.Au.2ClH/c2*1-18(2)22-11-9-12-23(19(3)4)26(22)28-15-16-29(17-28)27-24(20(5)6)13-10-14-25(27)21(7)8;;;/h2*9-21H,1-8H3;;2*1H/q3*+1;;/p-2. The van der Waals surface area contributed by atoms with E-state index in [0.29, 0.717) is 47.3 Å². The first kappa shape index (κ1) is 53.8. The maximum atomic E-state index is 2.33. The predicted molar refractivity (Wildman–Crippen MR) is 247 cm³/mol. The minimum atomic E-state index is 0. The van der Waals surface area contributed by atoms with Crippen molar-refractivity contribution < 1.29 is 56.3 Å². The molecule has 6 aromatic rings. The quantitative estimate of drug-likeness (QED) is 0.0866. The molecule has 0 saturated carbocycles. The first-order valence-electron chi connectivity index (χ1n) is 22.1. The van der Waals surface area contributed by atoms with Gasteiger partial charge in [0.05, 0.1) is 0 Å². The van der Waals surface area contributed by atoms with Gasteiger partial charge in [0.25, 0.3) is 12.7 Å². The van der Waals surface area contributed by atoms with Crippen LogP contribution in [-0.4, -0.2) is 9.13 Å². The summed E-state index contributed by atoms with van der Waals surface area (Å²) >= 11 is 0. The molecule has 334 valence electrons. The molecular formula is C54H74AuCl2N4+. The van der Waals surface area contributed by atoms with Crippen LogP contribution in [0.25, 0.3) is 22.7 Å². The van der Waals surface area contributed by atoms with Crippen LogP contribution in [-0.2, 0) is 22.4 Å². The summed E-state index contributed by atoms with van der Waals surface area (Å²) in [5, 5.41) is 0. The third-order valence-corrected chi connectivity index (χ3v) is 11.7. The number of aromatic nitrogens is 4. The van der Waals surface area contributed by atoms with Crippen molar-refractivity contribution in [3.8, 4) is 22.7 Å². The average Bonchev–Trinajstić information content (AvgIpc) is 3.87. The van der Waals surface area contributed by atoms with E-state index in [9.17, 15) is 0 Å². The van der Waals surface area contributed by atoms with Crippen molar-refractivity contribution in [1.29, 1.82) is 0 Å². The molecule has 0 fully saturated rings. The fourth-order valence-electron chi connectivity index (χ4n) is 8.48. The molecule has 0 saturated heterocycles. The molecule has 0 radical (unpaired) electrons. The Kier molecular flexibility index (Phi) is 20.6. The van der Waals surface area contributed by atoms with Gasteiger partial charge in [-0.1, -0.05) is 184 Å². The van der Waals surface area contributed by atoms with Crippen molar-refractivity contribution >= 4 is 0 Å². The van der Waals surface area contributed by atoms with E-state index in [1.54, 1.807) is 0 Å². The molecule has 2 heterocycles. The number of nitrogens with zero attached hydrogens (tertiary/aromatic N) is 4. The van der Waals surface area contributed by atoms with Crippen molar-refractivity contribution in [3.05, 3.63) is 155 Å². The summed E-state index contributed by atoms with van der Waals surface area (Å²) in [7, 11) is 0. The van der Waals surface area contributed by atoms with Crippen LogP contribution in [0.3, 0.4) is 0 Å². The van der Waals surface area contributed by atoms with Crippen LogP contribution in [0, 0.1) is 0 Å². The maximum absolute atomic E-state index is 2.33. The van der Waals surface area contributed by atoms with Crippen molar-refractivity contribution in [2.24, 2.45) is 0 Å². The van der Waals surface area contributed by atoms with E-state index in [1.165, 1.54) is 67.3 Å². The van der Waals surface area contributed by atoms with Gasteiger partial charge >= 0.3 is 22.4 Å². The number of halogens is 2. The molecule has 0 atom stereocenters. The summed E-state index contributed by atoms with van der Waals surface area (Å²) in [6.45, 7) is 36.5. The largest absolute Gasteiger partial charge is 1.00 e. The Morgan fingerprint density at radius 2 is 0.525 bits per heavy atom. The van der Waals surface area contributed by atoms with Gasteiger partial charge < -0.3 is 24.8 Å². The number of imidazole rings is 2. The third-order valence-electron chi connectivity index (χ3n) is 11.7. The minimum absolute atomic E-state index is 0. The van der Waals surface area contributed by atoms with Gasteiger partial charge in [-0.25, -0.2) is 18.3 Å². The van der Waals surface area contributed by atoms with E-state index in [0.717, 1.165) is 0 Å². The van der Waals surface area contributed by atoms with Gasteiger partial charge in [0.1, 0.15) is 47.5 Å². The van der Waals surface area contributed by atoms with Gasteiger partial charge in [0.2, 0.25) is 0 Å². The minimum Gasteiger partial charge on any atom is -1.00 e. The van der Waals surface area contributed by atoms with Gasteiger partial charge in [-0.05, 0) is 47.3 Å². The summed E-state index contributed by atoms with van der Waals surface area (Å²) < 4.78 is 9.30. The summed E-state index contributed by atoms with van der Waals surface area (Å²) in [5.74, 6) is 3.84. The smallest absolute Gasteiger partial charge is 1.00 e. The van der Waals surface area contributed by atoms with Gasteiger partial charge in [-0.15, -0.1) is 0 Å². The molecule has 61 heavy (non-hydrogen) atoms. The Balaban J connectivity index is 0.000000400. The molecule has 0 bridgehead atoms. The second-order valence-electron chi connectivity index (χ2n) is 18.8. The van der Waals surface area contributed by atoms with E-state index in [-0.39, 0.29) is 47.2 Å². The topological polar surface area (TPSA) is 17.6 Å². The molecule has 0 aliphatic carbocycles. The van der Waals surface area contributed by atoms with Crippen molar-refractivity contribution in [2.45, 2.75) is 158 Å². The summed E-state index contributed by atoms with van der Waals surface area (Å²) in [5.41, 5.74) is 16.6. The van der Waals surface area contributed by atoms with E-state index < -0.39 is 0 Å². The van der Waals surface area contributed by atoms with Gasteiger partial charge in [0.15, 0.2) is 0 Å². The second-order valence-corrected chi connectivity index (χ2v) is 18.8. The monoisotopic (exact) mass is 1050 g/mol. The Morgan fingerprint density at radius 3 is 0.721 bits per heavy atom. The van der Waals surface area contributed by atoms with Crippen LogP contribution in [0.1, 0.15) is 203 Å². The fraction of sp³-hybridized carbons (Fsp3) is 0.444. The van der Waals surface area contributed by atoms with Crippen LogP contribution in [0.5, 0.6) is 0 Å². The van der Waals surface area contributed by atoms with Gasteiger partial charge in [-0.2, -0.15) is 0 Å². The molecule has 0 amide bonds. The summed E-state index contributed by atoms with van der Waals surface area (Å²) in [6.07, 6.45) is 13.4. The Labute approximate surface area is 398 Å². The van der Waals surface area contributed by atoms with Crippen LogP contribution in [0.15, 0.2) is 110 Å². The van der Waals surface area contributed by atoms with Crippen molar-refractivity contribution in [1.82, 2.24) is 9.13 Å². The number of benzene rings is 4. The zero-order chi connectivity index (χ0) is 42.6. The normalized spacial score (nSPS) is 11.4. The maximum Gasteiger partial charge on any atom is 1.00 e. The average molecular weight is 1050 g/mol. The van der Waals surface area contributed by atoms with Gasteiger partial charge in [-0.3, -0.25) is 0 Å². The van der Waals surface area contributed by atoms with Gasteiger partial charge in [0, 0.05) is 44.5 Å². The Hall–Kier alpha value is -3.38. The number of rotatable bonds is 12. The molecule has 0 aliphatic rings. The molecule has 0 aliphatic heterocycles. The predicted octanol–water partition coefficient (Wildman–Crippen LogP) is 8.50. The van der Waals surface area contributed by atoms with Crippen LogP contribution < -0.4 is 33.9 Å². The van der Waals surface area contributed by atoms with E-state index in [2.05, 4.69) is 239 Å². The summed E-state index contributed by atoms with van der Waals surface area (Å²) in [6, 6.07) is 27.0. The Bertz CT molecular complexity index is 1870.